The summed E-state index contributed by atoms with van der Waals surface area (Å²) in [6.07, 6.45) is 0.286. The van der Waals surface area contributed by atoms with Gasteiger partial charge in [-0.2, -0.15) is 10.4 Å². The number of nitrogens with one attached hydrogen (secondary N) is 1. The second-order valence-electron chi connectivity index (χ2n) is 8.59. The van der Waals surface area contributed by atoms with Crippen LogP contribution in [0.5, 0.6) is 0 Å². The summed E-state index contributed by atoms with van der Waals surface area (Å²) in [7, 11) is 0. The van der Waals surface area contributed by atoms with Crippen LogP contribution in [-0.4, -0.2) is 45.0 Å². The Morgan fingerprint density at radius 2 is 2.12 bits per heavy atom. The van der Waals surface area contributed by atoms with Gasteiger partial charge in [-0.1, -0.05) is 35.3 Å². The maximum Gasteiger partial charge on any atom is 0.317 e. The summed E-state index contributed by atoms with van der Waals surface area (Å²) in [5.41, 5.74) is 5.65. The van der Waals surface area contributed by atoms with Gasteiger partial charge in [-0.15, -0.1) is 0 Å². The average molecular weight is 496 g/mol. The van der Waals surface area contributed by atoms with Crippen molar-refractivity contribution in [3.63, 3.8) is 0 Å². The van der Waals surface area contributed by atoms with Crippen molar-refractivity contribution in [2.75, 3.05) is 13.1 Å². The number of aliphatic hydroxyl groups is 1. The second kappa shape index (κ2) is 8.95. The average Bonchev–Trinajstić information content (AvgIpc) is 3.36. The normalized spacial score (nSPS) is 18.9. The summed E-state index contributed by atoms with van der Waals surface area (Å²) in [6, 6.07) is 12.4. The van der Waals surface area contributed by atoms with Crippen LogP contribution in [0.3, 0.4) is 0 Å². The molecule has 0 saturated heterocycles. The number of rotatable bonds is 3. The van der Waals surface area contributed by atoms with Crippen molar-refractivity contribution in [1.29, 1.82) is 5.26 Å². The molecule has 1 aliphatic heterocycles. The van der Waals surface area contributed by atoms with E-state index in [-0.39, 0.29) is 6.03 Å². The standard InChI is InChI=1S/C25H23Cl2N5O2/c1-2-29-25(34)31-7-6-21-19(13-31)23(15-5-3-4-14(8-15)12-28)30-32(21)24-18-9-16(26)10-20(27)17(18)11-22(24)33/h3-5,8-10,22,24,33H,2,6-7,11,13H2,1H3,(H,29,34)/t22-,24+/m0/s1. The maximum absolute atomic E-state index is 12.6. The van der Waals surface area contributed by atoms with Crippen LogP contribution in [0, 0.1) is 11.3 Å². The van der Waals surface area contributed by atoms with E-state index >= 15 is 0 Å². The number of halogens is 2. The fourth-order valence-corrected chi connectivity index (χ4v) is 5.59. The molecule has 0 bridgehead atoms. The number of hydrogen-bond acceptors (Lipinski definition) is 4. The highest BCUT2D eigenvalue weighted by atomic mass is 35.5. The molecule has 34 heavy (non-hydrogen) atoms. The number of fused-ring (bicyclic) bond motifs is 2. The molecule has 2 aromatic carbocycles. The van der Waals surface area contributed by atoms with Gasteiger partial charge in [-0.05, 0) is 42.3 Å². The zero-order valence-electron chi connectivity index (χ0n) is 18.6. The van der Waals surface area contributed by atoms with Gasteiger partial charge >= 0.3 is 6.03 Å². The smallest absolute Gasteiger partial charge is 0.317 e. The van der Waals surface area contributed by atoms with Crippen molar-refractivity contribution in [1.82, 2.24) is 20.0 Å². The van der Waals surface area contributed by atoms with Crippen molar-refractivity contribution in [2.45, 2.75) is 38.5 Å². The molecule has 0 saturated carbocycles. The van der Waals surface area contributed by atoms with E-state index in [0.717, 1.165) is 27.9 Å². The number of urea groups is 1. The van der Waals surface area contributed by atoms with Crippen LogP contribution >= 0.6 is 23.2 Å². The van der Waals surface area contributed by atoms with Crippen LogP contribution in [0.2, 0.25) is 10.0 Å². The third-order valence-corrected chi connectivity index (χ3v) is 7.08. The van der Waals surface area contributed by atoms with Gasteiger partial charge in [-0.25, -0.2) is 4.79 Å². The van der Waals surface area contributed by atoms with Crippen LogP contribution in [0.15, 0.2) is 36.4 Å². The van der Waals surface area contributed by atoms with Crippen LogP contribution < -0.4 is 5.32 Å². The van der Waals surface area contributed by atoms with E-state index in [0.29, 0.717) is 53.8 Å². The maximum atomic E-state index is 12.6. The number of hydrogen-bond donors (Lipinski definition) is 2. The molecule has 174 valence electrons. The van der Waals surface area contributed by atoms with Crippen LogP contribution in [-0.2, 0) is 19.4 Å². The largest absolute Gasteiger partial charge is 0.390 e. The van der Waals surface area contributed by atoms with Gasteiger partial charge in [0.1, 0.15) is 6.04 Å². The topological polar surface area (TPSA) is 94.2 Å². The van der Waals surface area contributed by atoms with Gasteiger partial charge in [0.05, 0.1) is 30.0 Å². The molecule has 2 aliphatic rings. The molecular formula is C25H23Cl2N5O2. The minimum absolute atomic E-state index is 0.123. The quantitative estimate of drug-likeness (QED) is 0.565. The molecule has 2 N–H and O–H groups in total. The lowest BCUT2D eigenvalue weighted by atomic mass is 9.99. The van der Waals surface area contributed by atoms with Crippen LogP contribution in [0.1, 0.15) is 40.9 Å². The SMILES string of the molecule is CCNC(=O)N1CCc2c(c(-c3cccc(C#N)c3)nn2[C@@H]2c3cc(Cl)cc(Cl)c3C[C@@H]2O)C1. The lowest BCUT2D eigenvalue weighted by molar-refractivity contribution is 0.136. The van der Waals surface area contributed by atoms with E-state index in [1.165, 1.54) is 0 Å². The van der Waals surface area contributed by atoms with E-state index < -0.39 is 12.1 Å². The van der Waals surface area contributed by atoms with Crippen molar-refractivity contribution in [2.24, 2.45) is 0 Å². The van der Waals surface area contributed by atoms with Gasteiger partial charge < -0.3 is 15.3 Å². The highest BCUT2D eigenvalue weighted by molar-refractivity contribution is 6.35. The molecule has 0 spiro atoms. The monoisotopic (exact) mass is 495 g/mol. The number of amides is 2. The fraction of sp³-hybridized carbons (Fsp3) is 0.320. The first-order valence-corrected chi connectivity index (χ1v) is 12.0. The van der Waals surface area contributed by atoms with E-state index in [9.17, 15) is 15.2 Å². The zero-order valence-corrected chi connectivity index (χ0v) is 20.1. The molecule has 7 nitrogen and oxygen atoms in total. The highest BCUT2D eigenvalue weighted by Crippen LogP contribution is 2.42. The Balaban J connectivity index is 1.66. The lowest BCUT2D eigenvalue weighted by Gasteiger charge is -2.29. The summed E-state index contributed by atoms with van der Waals surface area (Å²) >= 11 is 12.8. The number of aliphatic hydroxyl groups excluding tert-OH is 1. The molecule has 0 unspecified atom stereocenters. The van der Waals surface area contributed by atoms with Crippen molar-refractivity contribution in [3.8, 4) is 17.3 Å². The first-order valence-electron chi connectivity index (χ1n) is 11.2. The van der Waals surface area contributed by atoms with Gasteiger partial charge in [0.2, 0.25) is 0 Å². The summed E-state index contributed by atoms with van der Waals surface area (Å²) in [4.78, 5) is 14.4. The molecule has 2 amide bonds. The summed E-state index contributed by atoms with van der Waals surface area (Å²) in [5.74, 6) is 0. The van der Waals surface area contributed by atoms with E-state index in [4.69, 9.17) is 28.3 Å². The number of nitrogens with zero attached hydrogens (tertiary/aromatic N) is 4. The molecule has 2 atom stereocenters. The predicted octanol–water partition coefficient (Wildman–Crippen LogP) is 4.32. The fourth-order valence-electron chi connectivity index (χ4n) is 5.01. The van der Waals surface area contributed by atoms with Gasteiger partial charge in [-0.3, -0.25) is 4.68 Å². The minimum atomic E-state index is -0.713. The molecule has 0 fully saturated rings. The molecule has 0 radical (unpaired) electrons. The Bertz CT molecular complexity index is 1330. The molecule has 3 aromatic rings. The number of benzene rings is 2. The highest BCUT2D eigenvalue weighted by Gasteiger charge is 2.38. The first-order chi connectivity index (χ1) is 16.4. The molecule has 5 rings (SSSR count). The second-order valence-corrected chi connectivity index (χ2v) is 9.43. The molecule has 2 heterocycles. The third kappa shape index (κ3) is 3.82. The van der Waals surface area contributed by atoms with Gasteiger partial charge in [0.15, 0.2) is 0 Å². The number of carbonyl (C=O) groups is 1. The molecule has 1 aliphatic carbocycles. The van der Waals surface area contributed by atoms with Gasteiger partial charge in [0.25, 0.3) is 0 Å². The van der Waals surface area contributed by atoms with Crippen LogP contribution in [0.25, 0.3) is 11.3 Å². The third-order valence-electron chi connectivity index (χ3n) is 6.52. The van der Waals surface area contributed by atoms with E-state index in [1.807, 2.05) is 29.8 Å². The van der Waals surface area contributed by atoms with Crippen molar-refractivity contribution >= 4 is 29.2 Å². The Kier molecular flexibility index (Phi) is 5.98. The Labute approximate surface area is 207 Å². The van der Waals surface area contributed by atoms with E-state index in [2.05, 4.69) is 11.4 Å². The lowest BCUT2D eigenvalue weighted by Crippen LogP contribution is -2.43. The number of aromatic nitrogens is 2. The molecule has 9 heteroatoms. The van der Waals surface area contributed by atoms with Crippen LogP contribution in [0.4, 0.5) is 4.79 Å². The number of carbonyl (C=O) groups excluding carboxylic acids is 1. The first kappa shape index (κ1) is 22.7. The summed E-state index contributed by atoms with van der Waals surface area (Å²) in [5, 5.41) is 29.4. The molecule has 1 aromatic heterocycles. The molecular weight excluding hydrogens is 473 g/mol. The zero-order chi connectivity index (χ0) is 24.0. The predicted molar refractivity (Wildman–Crippen MR) is 130 cm³/mol. The summed E-state index contributed by atoms with van der Waals surface area (Å²) < 4.78 is 1.88. The summed E-state index contributed by atoms with van der Waals surface area (Å²) in [6.45, 7) is 3.36. The van der Waals surface area contributed by atoms with E-state index in [1.54, 1.807) is 23.1 Å². The number of nitriles is 1. The minimum Gasteiger partial charge on any atom is -0.390 e. The Morgan fingerprint density at radius 3 is 2.88 bits per heavy atom. The van der Waals surface area contributed by atoms with Crippen molar-refractivity contribution in [3.05, 3.63) is 74.4 Å². The van der Waals surface area contributed by atoms with Crippen molar-refractivity contribution < 1.29 is 9.90 Å². The van der Waals surface area contributed by atoms with Gasteiger partial charge in [0, 0.05) is 52.8 Å². The Morgan fingerprint density at radius 1 is 1.29 bits per heavy atom. The Hall–Kier alpha value is -3.05.